The van der Waals surface area contributed by atoms with Crippen LogP contribution >= 0.6 is 0 Å². The van der Waals surface area contributed by atoms with Gasteiger partial charge in [0.25, 0.3) is 0 Å². The maximum absolute atomic E-state index is 6.41. The van der Waals surface area contributed by atoms with E-state index in [1.165, 1.54) is 135 Å². The second kappa shape index (κ2) is 22.5. The van der Waals surface area contributed by atoms with Crippen molar-refractivity contribution in [1.29, 1.82) is 0 Å². The van der Waals surface area contributed by atoms with Crippen molar-refractivity contribution in [2.75, 3.05) is 6.61 Å². The van der Waals surface area contributed by atoms with E-state index >= 15 is 0 Å². The van der Waals surface area contributed by atoms with Crippen LogP contribution in [-0.2, 0) is 8.85 Å². The molecule has 0 aromatic heterocycles. The van der Waals surface area contributed by atoms with Crippen LogP contribution in [0.3, 0.4) is 0 Å². The molecule has 1 atom stereocenters. The number of unbranched alkanes of at least 4 members (excludes halogenated alkanes) is 19. The second-order valence-corrected chi connectivity index (χ2v) is 21.8. The predicted molar refractivity (Wildman–Crippen MR) is 160 cm³/mol. The predicted octanol–water partition coefficient (Wildman–Crippen LogP) is 11.3. The molecule has 4 heteroatoms. The number of rotatable bonds is 26. The molecule has 0 aliphatic rings. The summed E-state index contributed by atoms with van der Waals surface area (Å²) in [6.07, 6.45) is 30.3. The van der Waals surface area contributed by atoms with Gasteiger partial charge in [0.1, 0.15) is 0 Å². The summed E-state index contributed by atoms with van der Waals surface area (Å²) < 4.78 is 12.6. The zero-order valence-electron chi connectivity index (χ0n) is 25.0. The Morgan fingerprint density at radius 1 is 0.441 bits per heavy atom. The van der Waals surface area contributed by atoms with Gasteiger partial charge in [-0.1, -0.05) is 135 Å². The van der Waals surface area contributed by atoms with E-state index in [2.05, 4.69) is 46.2 Å². The van der Waals surface area contributed by atoms with E-state index in [1.807, 2.05) is 0 Å². The quantitative estimate of drug-likeness (QED) is 0.0843. The molecule has 0 fully saturated rings. The standard InChI is InChI=1S/C30H66O2Si2/c1-8-9-10-11-12-13-14-15-16-17-18-19-20-21-22-23-24-25-26-27-28-30(32-34(5,6)7)29-31-33(2,3)4/h30H,8-29H2,1-7H3. The van der Waals surface area contributed by atoms with Gasteiger partial charge in [-0.3, -0.25) is 0 Å². The molecule has 34 heavy (non-hydrogen) atoms. The van der Waals surface area contributed by atoms with Gasteiger partial charge in [-0.15, -0.1) is 0 Å². The van der Waals surface area contributed by atoms with E-state index in [0.717, 1.165) is 6.61 Å². The molecule has 0 radical (unpaired) electrons. The lowest BCUT2D eigenvalue weighted by atomic mass is 10.0. The van der Waals surface area contributed by atoms with E-state index in [0.29, 0.717) is 6.10 Å². The Morgan fingerprint density at radius 3 is 1.06 bits per heavy atom. The zero-order chi connectivity index (χ0) is 25.5. The highest BCUT2D eigenvalue weighted by Gasteiger charge is 2.23. The van der Waals surface area contributed by atoms with Gasteiger partial charge in [0.15, 0.2) is 16.6 Å². The van der Waals surface area contributed by atoms with Crippen LogP contribution in [0.5, 0.6) is 0 Å². The Balaban J connectivity index is 3.44. The van der Waals surface area contributed by atoms with Crippen LogP contribution in [-0.4, -0.2) is 29.3 Å². The Morgan fingerprint density at radius 2 is 0.765 bits per heavy atom. The van der Waals surface area contributed by atoms with Crippen LogP contribution < -0.4 is 0 Å². The molecular weight excluding hydrogens is 449 g/mol. The van der Waals surface area contributed by atoms with Crippen molar-refractivity contribution in [3.8, 4) is 0 Å². The van der Waals surface area contributed by atoms with Crippen molar-refractivity contribution in [2.24, 2.45) is 0 Å². The summed E-state index contributed by atoms with van der Waals surface area (Å²) >= 11 is 0. The minimum Gasteiger partial charge on any atom is -0.415 e. The van der Waals surface area contributed by atoms with E-state index < -0.39 is 16.6 Å². The summed E-state index contributed by atoms with van der Waals surface area (Å²) in [5.41, 5.74) is 0. The first-order valence-corrected chi connectivity index (χ1v) is 22.3. The molecule has 0 aromatic rings. The number of hydrogen-bond acceptors (Lipinski definition) is 2. The summed E-state index contributed by atoms with van der Waals surface area (Å²) in [6.45, 7) is 16.8. The molecule has 0 saturated heterocycles. The lowest BCUT2D eigenvalue weighted by Crippen LogP contribution is -2.38. The summed E-state index contributed by atoms with van der Waals surface area (Å²) in [5, 5.41) is 0. The van der Waals surface area contributed by atoms with Crippen molar-refractivity contribution in [3.63, 3.8) is 0 Å². The molecule has 0 spiro atoms. The fourth-order valence-corrected chi connectivity index (χ4v) is 6.52. The van der Waals surface area contributed by atoms with Gasteiger partial charge >= 0.3 is 0 Å². The average molecular weight is 515 g/mol. The van der Waals surface area contributed by atoms with Gasteiger partial charge in [0, 0.05) is 0 Å². The molecule has 0 amide bonds. The summed E-state index contributed by atoms with van der Waals surface area (Å²) in [5.74, 6) is 0. The van der Waals surface area contributed by atoms with Crippen LogP contribution in [0.1, 0.15) is 142 Å². The van der Waals surface area contributed by atoms with Crippen LogP contribution in [0.4, 0.5) is 0 Å². The molecule has 0 saturated carbocycles. The van der Waals surface area contributed by atoms with Crippen LogP contribution in [0.25, 0.3) is 0 Å². The highest BCUT2D eigenvalue weighted by molar-refractivity contribution is 6.70. The Bertz CT molecular complexity index is 415. The molecular formula is C30H66O2Si2. The topological polar surface area (TPSA) is 18.5 Å². The second-order valence-electron chi connectivity index (χ2n) is 12.8. The van der Waals surface area contributed by atoms with Crippen molar-refractivity contribution in [1.82, 2.24) is 0 Å². The van der Waals surface area contributed by atoms with Gasteiger partial charge in [0.2, 0.25) is 0 Å². The minimum absolute atomic E-state index is 0.314. The third-order valence-corrected chi connectivity index (χ3v) is 8.68. The molecule has 0 N–H and O–H groups in total. The fourth-order valence-electron chi connectivity index (χ4n) is 4.65. The molecule has 206 valence electrons. The average Bonchev–Trinajstić information content (AvgIpc) is 2.74. The van der Waals surface area contributed by atoms with E-state index in [1.54, 1.807) is 0 Å². The molecule has 0 rings (SSSR count). The Kier molecular flexibility index (Phi) is 22.8. The third-order valence-electron chi connectivity index (χ3n) is 6.60. The maximum Gasteiger partial charge on any atom is 0.184 e. The zero-order valence-corrected chi connectivity index (χ0v) is 27.0. The van der Waals surface area contributed by atoms with E-state index in [9.17, 15) is 0 Å². The minimum atomic E-state index is -1.50. The van der Waals surface area contributed by atoms with Crippen molar-refractivity contribution < 1.29 is 8.85 Å². The largest absolute Gasteiger partial charge is 0.415 e. The monoisotopic (exact) mass is 514 g/mol. The van der Waals surface area contributed by atoms with Crippen molar-refractivity contribution in [2.45, 2.75) is 187 Å². The van der Waals surface area contributed by atoms with Gasteiger partial charge in [0.05, 0.1) is 12.7 Å². The van der Waals surface area contributed by atoms with Gasteiger partial charge < -0.3 is 8.85 Å². The maximum atomic E-state index is 6.41. The molecule has 2 nitrogen and oxygen atoms in total. The first-order valence-electron chi connectivity index (χ1n) is 15.5. The molecule has 0 bridgehead atoms. The molecule has 0 aliphatic carbocycles. The van der Waals surface area contributed by atoms with Gasteiger partial charge in [-0.05, 0) is 45.7 Å². The highest BCUT2D eigenvalue weighted by Crippen LogP contribution is 2.18. The molecule has 0 heterocycles. The van der Waals surface area contributed by atoms with E-state index in [4.69, 9.17) is 8.85 Å². The third kappa shape index (κ3) is 28.6. The summed E-state index contributed by atoms with van der Waals surface area (Å²) in [6, 6.07) is 0. The van der Waals surface area contributed by atoms with Crippen LogP contribution in [0.15, 0.2) is 0 Å². The van der Waals surface area contributed by atoms with Crippen molar-refractivity contribution in [3.05, 3.63) is 0 Å². The molecule has 0 aliphatic heterocycles. The highest BCUT2D eigenvalue weighted by atomic mass is 28.4. The van der Waals surface area contributed by atoms with Crippen molar-refractivity contribution >= 4 is 16.6 Å². The fraction of sp³-hybridized carbons (Fsp3) is 1.00. The first-order chi connectivity index (χ1) is 16.1. The Labute approximate surface area is 219 Å². The number of hydrogen-bond donors (Lipinski definition) is 0. The van der Waals surface area contributed by atoms with E-state index in [-0.39, 0.29) is 0 Å². The SMILES string of the molecule is CCCCCCCCCCCCCCCCCCCCCCC(CO[Si](C)(C)C)O[Si](C)(C)C. The first kappa shape index (κ1) is 34.4. The lowest BCUT2D eigenvalue weighted by Gasteiger charge is -2.29. The summed E-state index contributed by atoms with van der Waals surface area (Å²) in [4.78, 5) is 0. The van der Waals surface area contributed by atoms with Gasteiger partial charge in [-0.2, -0.15) is 0 Å². The van der Waals surface area contributed by atoms with Crippen LogP contribution in [0, 0.1) is 0 Å². The lowest BCUT2D eigenvalue weighted by molar-refractivity contribution is 0.109. The Hall–Kier alpha value is 0.354. The normalized spacial score (nSPS) is 13.5. The molecule has 1 unspecified atom stereocenters. The summed E-state index contributed by atoms with van der Waals surface area (Å²) in [7, 11) is -2.95. The van der Waals surface area contributed by atoms with Crippen LogP contribution in [0.2, 0.25) is 39.3 Å². The smallest absolute Gasteiger partial charge is 0.184 e. The van der Waals surface area contributed by atoms with Gasteiger partial charge in [-0.25, -0.2) is 0 Å². The molecule has 0 aromatic carbocycles.